The molecule has 1 heterocycles. The van der Waals surface area contributed by atoms with Crippen LogP contribution in [-0.4, -0.2) is 10.2 Å². The predicted octanol–water partition coefficient (Wildman–Crippen LogP) is 3.94. The fraction of sp³-hybridized carbons (Fsp3) is 0.385. The summed E-state index contributed by atoms with van der Waals surface area (Å²) in [5, 5.41) is 7.65. The molecule has 0 bridgehead atoms. The van der Waals surface area contributed by atoms with Crippen LogP contribution in [0.25, 0.3) is 5.57 Å². The van der Waals surface area contributed by atoms with Crippen molar-refractivity contribution in [3.05, 3.63) is 42.2 Å². The van der Waals surface area contributed by atoms with Gasteiger partial charge >= 0.3 is 0 Å². The zero-order valence-electron chi connectivity index (χ0n) is 10.7. The van der Waals surface area contributed by atoms with Crippen LogP contribution >= 0.6 is 0 Å². The summed E-state index contributed by atoms with van der Waals surface area (Å²) < 4.78 is 5.26. The normalized spacial score (nSPS) is 11.2. The second-order valence-corrected chi connectivity index (χ2v) is 3.18. The molecule has 0 aliphatic heterocycles. The van der Waals surface area contributed by atoms with E-state index in [1.807, 2.05) is 45.9 Å². The number of hydrogen-bond acceptors (Lipinski definition) is 3. The molecule has 3 heteroatoms. The topological polar surface area (TPSA) is 38.9 Å². The SMILES string of the molecule is C=C(C)/C=C\C=C(/C)c1nnc(C)o1.CC. The van der Waals surface area contributed by atoms with E-state index >= 15 is 0 Å². The fourth-order valence-electron chi connectivity index (χ4n) is 0.884. The van der Waals surface area contributed by atoms with Gasteiger partial charge < -0.3 is 4.42 Å². The minimum absolute atomic E-state index is 0.564. The minimum atomic E-state index is 0.564. The quantitative estimate of drug-likeness (QED) is 0.724. The third-order valence-electron chi connectivity index (χ3n) is 1.59. The molecule has 1 aromatic heterocycles. The van der Waals surface area contributed by atoms with Crippen LogP contribution in [0.5, 0.6) is 0 Å². The third-order valence-corrected chi connectivity index (χ3v) is 1.59. The molecule has 0 aliphatic carbocycles. The summed E-state index contributed by atoms with van der Waals surface area (Å²) in [5.41, 5.74) is 1.96. The molecular formula is C13H20N2O. The number of nitrogens with zero attached hydrogens (tertiary/aromatic N) is 2. The molecule has 0 aliphatic rings. The van der Waals surface area contributed by atoms with E-state index in [0.717, 1.165) is 11.1 Å². The Morgan fingerprint density at radius 2 is 1.88 bits per heavy atom. The predicted molar refractivity (Wildman–Crippen MR) is 68.0 cm³/mol. The van der Waals surface area contributed by atoms with E-state index in [0.29, 0.717) is 11.8 Å². The Morgan fingerprint density at radius 1 is 1.25 bits per heavy atom. The molecule has 16 heavy (non-hydrogen) atoms. The maximum absolute atomic E-state index is 5.26. The van der Waals surface area contributed by atoms with Crippen molar-refractivity contribution in [2.45, 2.75) is 34.6 Å². The van der Waals surface area contributed by atoms with Gasteiger partial charge in [0.15, 0.2) is 0 Å². The monoisotopic (exact) mass is 220 g/mol. The van der Waals surface area contributed by atoms with Crippen LogP contribution in [0.15, 0.2) is 34.8 Å². The summed E-state index contributed by atoms with van der Waals surface area (Å²) in [6.07, 6.45) is 5.76. The van der Waals surface area contributed by atoms with Gasteiger partial charge in [0.2, 0.25) is 11.8 Å². The summed E-state index contributed by atoms with van der Waals surface area (Å²) >= 11 is 0. The molecule has 0 saturated heterocycles. The van der Waals surface area contributed by atoms with E-state index in [1.165, 1.54) is 0 Å². The Hall–Kier alpha value is -1.64. The van der Waals surface area contributed by atoms with Crippen LogP contribution in [0.4, 0.5) is 0 Å². The number of allylic oxidation sites excluding steroid dienone is 5. The first kappa shape index (κ1) is 14.4. The molecule has 0 saturated carbocycles. The zero-order valence-corrected chi connectivity index (χ0v) is 10.7. The van der Waals surface area contributed by atoms with Gasteiger partial charge in [-0.2, -0.15) is 0 Å². The molecule has 0 unspecified atom stereocenters. The summed E-state index contributed by atoms with van der Waals surface area (Å²) in [4.78, 5) is 0. The lowest BCUT2D eigenvalue weighted by molar-refractivity contribution is 0.506. The molecule has 1 rings (SSSR count). The zero-order chi connectivity index (χ0) is 12.6. The molecule has 1 aromatic rings. The molecule has 0 atom stereocenters. The summed E-state index contributed by atoms with van der Waals surface area (Å²) in [6.45, 7) is 13.4. The van der Waals surface area contributed by atoms with Gasteiger partial charge in [0.05, 0.1) is 0 Å². The van der Waals surface area contributed by atoms with E-state index in [4.69, 9.17) is 4.42 Å². The van der Waals surface area contributed by atoms with Crippen molar-refractivity contribution in [3.63, 3.8) is 0 Å². The Kier molecular flexibility index (Phi) is 6.84. The van der Waals surface area contributed by atoms with Crippen molar-refractivity contribution >= 4 is 5.57 Å². The number of aryl methyl sites for hydroxylation is 1. The second-order valence-electron chi connectivity index (χ2n) is 3.18. The lowest BCUT2D eigenvalue weighted by Crippen LogP contribution is -1.78. The first-order chi connectivity index (χ1) is 7.59. The molecule has 0 spiro atoms. The van der Waals surface area contributed by atoms with Crippen LogP contribution in [0, 0.1) is 6.92 Å². The number of aromatic nitrogens is 2. The van der Waals surface area contributed by atoms with Crippen molar-refractivity contribution in [3.8, 4) is 0 Å². The molecule has 0 fully saturated rings. The van der Waals surface area contributed by atoms with Crippen LogP contribution in [0.3, 0.4) is 0 Å². The van der Waals surface area contributed by atoms with Crippen molar-refractivity contribution < 1.29 is 4.42 Å². The average molecular weight is 220 g/mol. The van der Waals surface area contributed by atoms with E-state index in [-0.39, 0.29) is 0 Å². The molecule has 0 N–H and O–H groups in total. The van der Waals surface area contributed by atoms with Gasteiger partial charge in [0, 0.05) is 12.5 Å². The van der Waals surface area contributed by atoms with Crippen molar-refractivity contribution in [2.75, 3.05) is 0 Å². The number of rotatable bonds is 3. The largest absolute Gasteiger partial charge is 0.421 e. The molecule has 0 aromatic carbocycles. The van der Waals surface area contributed by atoms with Gasteiger partial charge in [-0.25, -0.2) is 0 Å². The summed E-state index contributed by atoms with van der Waals surface area (Å²) in [7, 11) is 0. The van der Waals surface area contributed by atoms with Crippen LogP contribution < -0.4 is 0 Å². The fourth-order valence-corrected chi connectivity index (χ4v) is 0.884. The van der Waals surface area contributed by atoms with E-state index in [2.05, 4.69) is 16.8 Å². The average Bonchev–Trinajstić information content (AvgIpc) is 2.67. The molecule has 88 valence electrons. The van der Waals surface area contributed by atoms with Gasteiger partial charge in [0.25, 0.3) is 0 Å². The lowest BCUT2D eigenvalue weighted by atomic mass is 10.2. The molecule has 0 amide bonds. The highest BCUT2D eigenvalue weighted by Crippen LogP contribution is 2.11. The molecular weight excluding hydrogens is 200 g/mol. The van der Waals surface area contributed by atoms with Crippen LogP contribution in [0.2, 0.25) is 0 Å². The smallest absolute Gasteiger partial charge is 0.243 e. The van der Waals surface area contributed by atoms with Gasteiger partial charge in [-0.3, -0.25) is 0 Å². The van der Waals surface area contributed by atoms with Gasteiger partial charge in [0.1, 0.15) is 0 Å². The maximum Gasteiger partial charge on any atom is 0.243 e. The summed E-state index contributed by atoms with van der Waals surface area (Å²) in [6, 6.07) is 0. The van der Waals surface area contributed by atoms with Crippen molar-refractivity contribution in [1.82, 2.24) is 10.2 Å². The Labute approximate surface area is 97.6 Å². The van der Waals surface area contributed by atoms with Gasteiger partial charge in [-0.15, -0.1) is 10.2 Å². The van der Waals surface area contributed by atoms with Gasteiger partial charge in [-0.05, 0) is 13.8 Å². The second kappa shape index (κ2) is 7.63. The maximum atomic E-state index is 5.26. The Bertz CT molecular complexity index is 386. The van der Waals surface area contributed by atoms with E-state index < -0.39 is 0 Å². The highest BCUT2D eigenvalue weighted by molar-refractivity contribution is 5.57. The summed E-state index contributed by atoms with van der Waals surface area (Å²) in [5.74, 6) is 1.14. The highest BCUT2D eigenvalue weighted by Gasteiger charge is 2.02. The van der Waals surface area contributed by atoms with E-state index in [9.17, 15) is 0 Å². The number of hydrogen-bond donors (Lipinski definition) is 0. The van der Waals surface area contributed by atoms with Crippen molar-refractivity contribution in [2.24, 2.45) is 0 Å². The van der Waals surface area contributed by atoms with E-state index in [1.54, 1.807) is 6.92 Å². The highest BCUT2D eigenvalue weighted by atomic mass is 16.4. The first-order valence-corrected chi connectivity index (χ1v) is 5.40. The van der Waals surface area contributed by atoms with Gasteiger partial charge in [-0.1, -0.05) is 44.2 Å². The van der Waals surface area contributed by atoms with Crippen molar-refractivity contribution in [1.29, 1.82) is 0 Å². The molecule has 0 radical (unpaired) electrons. The lowest BCUT2D eigenvalue weighted by Gasteiger charge is -1.89. The Balaban J connectivity index is 0.00000106. The third kappa shape index (κ3) is 5.29. The van der Waals surface area contributed by atoms with Crippen LogP contribution in [-0.2, 0) is 0 Å². The minimum Gasteiger partial charge on any atom is -0.421 e. The standard InChI is InChI=1S/C11H14N2O.C2H6/c1-8(2)6-5-7-9(3)11-13-12-10(4)14-11;1-2/h5-7H,1H2,2-4H3;1-2H3/b6-5-,9-7+;. The Morgan fingerprint density at radius 3 is 2.31 bits per heavy atom. The van der Waals surface area contributed by atoms with Crippen LogP contribution in [0.1, 0.15) is 39.5 Å². The first-order valence-electron chi connectivity index (χ1n) is 5.40. The molecule has 3 nitrogen and oxygen atoms in total.